The van der Waals surface area contributed by atoms with Crippen LogP contribution >= 0.6 is 22.9 Å². The van der Waals surface area contributed by atoms with Crippen molar-refractivity contribution in [2.75, 3.05) is 25.6 Å². The lowest BCUT2D eigenvalue weighted by Gasteiger charge is -2.13. The predicted octanol–water partition coefficient (Wildman–Crippen LogP) is 5.68. The second-order valence-corrected chi connectivity index (χ2v) is 11.7. The van der Waals surface area contributed by atoms with Gasteiger partial charge in [-0.25, -0.2) is 0 Å². The molecule has 0 unspecified atom stereocenters. The Labute approximate surface area is 252 Å². The van der Waals surface area contributed by atoms with Gasteiger partial charge in [-0.15, -0.1) is 21.5 Å². The monoisotopic (exact) mass is 604 g/mol. The third kappa shape index (κ3) is 5.31. The van der Waals surface area contributed by atoms with Crippen LogP contribution in [0.25, 0.3) is 5.00 Å². The van der Waals surface area contributed by atoms with Crippen LogP contribution in [-0.2, 0) is 25.7 Å². The molecule has 0 saturated carbocycles. The van der Waals surface area contributed by atoms with Crippen molar-refractivity contribution in [3.63, 3.8) is 0 Å². The highest BCUT2D eigenvalue weighted by Crippen LogP contribution is 2.39. The van der Waals surface area contributed by atoms with E-state index in [1.165, 1.54) is 4.88 Å². The first kappa shape index (κ1) is 28.1. The van der Waals surface area contributed by atoms with E-state index in [2.05, 4.69) is 34.5 Å². The number of aliphatic imine (C=N–C) groups is 1. The largest absolute Gasteiger partial charge is 0.470 e. The highest BCUT2D eigenvalue weighted by molar-refractivity contribution is 7.15. The molecule has 4 heterocycles. The van der Waals surface area contributed by atoms with Gasteiger partial charge in [0.15, 0.2) is 5.82 Å². The molecule has 0 spiro atoms. The summed E-state index contributed by atoms with van der Waals surface area (Å²) < 4.78 is 12.7. The molecular weight excluding hydrogens is 576 g/mol. The number of amides is 1. The number of hydrogen-bond donors (Lipinski definition) is 1. The molecule has 0 fully saturated rings. The number of halogens is 1. The van der Waals surface area contributed by atoms with Crippen LogP contribution in [0.2, 0.25) is 5.02 Å². The first-order valence-electron chi connectivity index (χ1n) is 13.4. The number of anilines is 1. The lowest BCUT2D eigenvalue weighted by molar-refractivity contribution is -0.116. The fourth-order valence-electron chi connectivity index (χ4n) is 5.04. The van der Waals surface area contributed by atoms with Crippen molar-refractivity contribution in [1.29, 1.82) is 0 Å². The van der Waals surface area contributed by atoms with Crippen LogP contribution in [0, 0.1) is 20.8 Å². The molecule has 2 aromatic heterocycles. The van der Waals surface area contributed by atoms with Crippen molar-refractivity contribution >= 4 is 46.1 Å². The standard InChI is InChI=1S/C30H29ClN6O4S/c1-16-17(2)42-30-26(16)27(19-5-7-21(31)8-6-19)33-24(28-35-34-18(3)37(28)30)14-25(38)32-22-9-10-23-20(13-22)15-40-29(23)36-41-12-11-39-4/h5-10,13,24H,11-12,14-15H2,1-4H3,(H,32,38)/b36-29+/t24-/m0/s1. The summed E-state index contributed by atoms with van der Waals surface area (Å²) in [7, 11) is 1.60. The number of benzene rings is 2. The van der Waals surface area contributed by atoms with Crippen LogP contribution in [0.1, 0.15) is 56.8 Å². The van der Waals surface area contributed by atoms with E-state index in [0.29, 0.717) is 42.3 Å². The number of aryl methyl sites for hydroxylation is 2. The van der Waals surface area contributed by atoms with E-state index in [-0.39, 0.29) is 12.3 Å². The number of nitrogens with zero attached hydrogens (tertiary/aromatic N) is 5. The van der Waals surface area contributed by atoms with Gasteiger partial charge in [0.1, 0.15) is 30.1 Å². The average Bonchev–Trinajstić information content (AvgIpc) is 3.61. The van der Waals surface area contributed by atoms with Crippen LogP contribution in [0.3, 0.4) is 0 Å². The molecule has 0 saturated heterocycles. The second kappa shape index (κ2) is 11.7. The summed E-state index contributed by atoms with van der Waals surface area (Å²) in [6.07, 6.45) is 0.0792. The average molecular weight is 605 g/mol. The van der Waals surface area contributed by atoms with Gasteiger partial charge in [-0.2, -0.15) is 0 Å². The van der Waals surface area contributed by atoms with Gasteiger partial charge >= 0.3 is 0 Å². The molecule has 0 aliphatic carbocycles. The molecule has 1 atom stereocenters. The van der Waals surface area contributed by atoms with Crippen LogP contribution < -0.4 is 5.32 Å². The Morgan fingerprint density at radius 1 is 1.17 bits per heavy atom. The van der Waals surface area contributed by atoms with Gasteiger partial charge in [0, 0.05) is 45.0 Å². The number of aromatic nitrogens is 3. The number of methoxy groups -OCH3 is 1. The summed E-state index contributed by atoms with van der Waals surface area (Å²) in [5.41, 5.74) is 6.28. The number of carbonyl (C=O) groups excluding carboxylic acids is 1. The maximum Gasteiger partial charge on any atom is 0.258 e. The molecule has 0 bridgehead atoms. The summed E-state index contributed by atoms with van der Waals surface area (Å²) in [6, 6.07) is 12.6. The lowest BCUT2D eigenvalue weighted by Crippen LogP contribution is -2.17. The summed E-state index contributed by atoms with van der Waals surface area (Å²) in [6.45, 7) is 7.22. The number of rotatable bonds is 8. The number of carbonyl (C=O) groups is 1. The van der Waals surface area contributed by atoms with Gasteiger partial charge < -0.3 is 19.6 Å². The van der Waals surface area contributed by atoms with E-state index in [0.717, 1.165) is 44.4 Å². The fraction of sp³-hybridized carbons (Fsp3) is 0.300. The van der Waals surface area contributed by atoms with Gasteiger partial charge in [-0.1, -0.05) is 23.7 Å². The molecule has 2 aliphatic rings. The number of ether oxygens (including phenoxy) is 2. The maximum absolute atomic E-state index is 13.5. The van der Waals surface area contributed by atoms with Gasteiger partial charge in [0.2, 0.25) is 5.91 Å². The van der Waals surface area contributed by atoms with E-state index < -0.39 is 6.04 Å². The minimum Gasteiger partial charge on any atom is -0.470 e. The summed E-state index contributed by atoms with van der Waals surface area (Å²) >= 11 is 7.88. The van der Waals surface area contributed by atoms with Gasteiger partial charge in [-0.05, 0) is 61.8 Å². The molecule has 42 heavy (non-hydrogen) atoms. The van der Waals surface area contributed by atoms with E-state index in [1.807, 2.05) is 54.0 Å². The normalized spacial score (nSPS) is 16.3. The Bertz CT molecular complexity index is 1730. The molecular formula is C30H29ClN6O4S. The van der Waals surface area contributed by atoms with Crippen molar-refractivity contribution in [2.45, 2.75) is 39.8 Å². The van der Waals surface area contributed by atoms with Crippen LogP contribution in [0.4, 0.5) is 5.69 Å². The number of thiophene rings is 1. The van der Waals surface area contributed by atoms with Gasteiger partial charge in [0.25, 0.3) is 5.90 Å². The third-order valence-electron chi connectivity index (χ3n) is 7.25. The molecule has 2 aromatic carbocycles. The Morgan fingerprint density at radius 3 is 2.76 bits per heavy atom. The summed E-state index contributed by atoms with van der Waals surface area (Å²) in [5.74, 6) is 1.59. The van der Waals surface area contributed by atoms with Crippen molar-refractivity contribution in [2.24, 2.45) is 10.1 Å². The highest BCUT2D eigenvalue weighted by atomic mass is 35.5. The SMILES string of the molecule is COCCO/N=C1/OCc2cc(NC(=O)C[C@@H]3N=C(c4ccc(Cl)cc4)c4c(sc(C)c4C)-n4c(C)nnc43)ccc21. The zero-order chi connectivity index (χ0) is 29.4. The zero-order valence-corrected chi connectivity index (χ0v) is 25.2. The quantitative estimate of drug-likeness (QED) is 0.204. The first-order chi connectivity index (χ1) is 20.3. The molecule has 10 nitrogen and oxygen atoms in total. The molecule has 4 aromatic rings. The third-order valence-corrected chi connectivity index (χ3v) is 8.69. The molecule has 216 valence electrons. The van der Waals surface area contributed by atoms with Crippen LogP contribution in [-0.4, -0.2) is 52.6 Å². The molecule has 6 rings (SSSR count). The Morgan fingerprint density at radius 2 is 1.98 bits per heavy atom. The number of hydrogen-bond acceptors (Lipinski definition) is 9. The van der Waals surface area contributed by atoms with Gasteiger partial charge in [-0.3, -0.25) is 14.4 Å². The molecule has 2 aliphatic heterocycles. The zero-order valence-electron chi connectivity index (χ0n) is 23.6. The van der Waals surface area contributed by atoms with Gasteiger partial charge in [0.05, 0.1) is 18.7 Å². The number of oxime groups is 1. The van der Waals surface area contributed by atoms with Crippen molar-refractivity contribution < 1.29 is 19.1 Å². The van der Waals surface area contributed by atoms with Crippen LogP contribution in [0.15, 0.2) is 52.6 Å². The molecule has 1 amide bonds. The number of nitrogens with one attached hydrogen (secondary N) is 1. The predicted molar refractivity (Wildman–Crippen MR) is 162 cm³/mol. The maximum atomic E-state index is 13.5. The van der Waals surface area contributed by atoms with Crippen molar-refractivity contribution in [3.05, 3.63) is 91.8 Å². The Kier molecular flexibility index (Phi) is 7.80. The van der Waals surface area contributed by atoms with Crippen molar-refractivity contribution in [1.82, 2.24) is 14.8 Å². The molecule has 0 radical (unpaired) electrons. The second-order valence-electron chi connectivity index (χ2n) is 10.0. The summed E-state index contributed by atoms with van der Waals surface area (Å²) in [4.78, 5) is 25.1. The Balaban J connectivity index is 1.29. The highest BCUT2D eigenvalue weighted by Gasteiger charge is 2.32. The molecule has 12 heteroatoms. The van der Waals surface area contributed by atoms with E-state index in [4.69, 9.17) is 30.9 Å². The lowest BCUT2D eigenvalue weighted by atomic mass is 9.99. The van der Waals surface area contributed by atoms with E-state index in [9.17, 15) is 4.79 Å². The number of fused-ring (bicyclic) bond motifs is 4. The van der Waals surface area contributed by atoms with Crippen molar-refractivity contribution in [3.8, 4) is 5.00 Å². The van der Waals surface area contributed by atoms with E-state index in [1.54, 1.807) is 18.4 Å². The molecule has 1 N–H and O–H groups in total. The minimum atomic E-state index is -0.558. The minimum absolute atomic E-state index is 0.0792. The van der Waals surface area contributed by atoms with Crippen LogP contribution in [0.5, 0.6) is 0 Å². The smallest absolute Gasteiger partial charge is 0.258 e. The first-order valence-corrected chi connectivity index (χ1v) is 14.6. The topological polar surface area (TPSA) is 112 Å². The fourth-order valence-corrected chi connectivity index (χ4v) is 6.38. The van der Waals surface area contributed by atoms with E-state index >= 15 is 0 Å². The summed E-state index contributed by atoms with van der Waals surface area (Å²) in [5, 5.41) is 17.6. The Hall–Kier alpha value is -4.06.